The number of aliphatic imine (C=N–C) groups is 1. The topological polar surface area (TPSA) is 80.2 Å². The molecule has 2 N–H and O–H groups in total. The molecule has 0 bridgehead atoms. The Bertz CT molecular complexity index is 1110. The first-order chi connectivity index (χ1) is 15.6. The first kappa shape index (κ1) is 21.6. The van der Waals surface area contributed by atoms with Crippen molar-refractivity contribution < 1.29 is 19.4 Å². The van der Waals surface area contributed by atoms with Gasteiger partial charge in [0.1, 0.15) is 17.7 Å². The first-order valence-corrected chi connectivity index (χ1v) is 10.6. The molecule has 0 saturated carbocycles. The lowest BCUT2D eigenvalue weighted by atomic mass is 9.93. The summed E-state index contributed by atoms with van der Waals surface area (Å²) in [6, 6.07) is 22.3. The number of phenolic OH excluding ortho intramolecular Hbond substituents is 1. The third-order valence-electron chi connectivity index (χ3n) is 5.50. The van der Waals surface area contributed by atoms with E-state index in [4.69, 9.17) is 14.5 Å². The zero-order chi connectivity index (χ0) is 22.5. The number of aromatic hydroxyl groups is 1. The minimum absolute atomic E-state index is 0.124. The molecule has 1 heterocycles. The molecule has 0 amide bonds. The lowest BCUT2D eigenvalue weighted by molar-refractivity contribution is 0.0600. The Morgan fingerprint density at radius 2 is 1.78 bits per heavy atom. The molecule has 0 radical (unpaired) electrons. The van der Waals surface area contributed by atoms with Crippen LogP contribution in [0.25, 0.3) is 0 Å². The fourth-order valence-corrected chi connectivity index (χ4v) is 3.86. The quantitative estimate of drug-likeness (QED) is 0.549. The zero-order valence-corrected chi connectivity index (χ0v) is 18.1. The van der Waals surface area contributed by atoms with Crippen molar-refractivity contribution in [3.63, 3.8) is 0 Å². The van der Waals surface area contributed by atoms with Crippen LogP contribution in [0.15, 0.2) is 77.8 Å². The van der Waals surface area contributed by atoms with Gasteiger partial charge in [0, 0.05) is 23.7 Å². The van der Waals surface area contributed by atoms with Crippen LogP contribution >= 0.6 is 0 Å². The van der Waals surface area contributed by atoms with Gasteiger partial charge in [-0.1, -0.05) is 30.3 Å². The molecule has 32 heavy (non-hydrogen) atoms. The van der Waals surface area contributed by atoms with Crippen molar-refractivity contribution in [1.82, 2.24) is 5.32 Å². The molecular weight excluding hydrogens is 404 g/mol. The number of rotatable bonds is 6. The second-order valence-corrected chi connectivity index (χ2v) is 7.53. The van der Waals surface area contributed by atoms with Gasteiger partial charge in [-0.3, -0.25) is 10.3 Å². The van der Waals surface area contributed by atoms with E-state index in [-0.39, 0.29) is 23.9 Å². The van der Waals surface area contributed by atoms with Crippen LogP contribution in [-0.2, 0) is 4.74 Å². The maximum Gasteiger partial charge on any atom is 0.337 e. The van der Waals surface area contributed by atoms with Gasteiger partial charge in [0.15, 0.2) is 0 Å². The molecule has 1 aliphatic rings. The SMILES string of the molecule is CCOc1ccc(C2=N[C@@H](c3ccc(C(=O)OC)cc3)N[C@H](c3ccccc3O)C2)cc1. The fourth-order valence-electron chi connectivity index (χ4n) is 3.86. The summed E-state index contributed by atoms with van der Waals surface area (Å²) in [6.07, 6.45) is 0.295. The lowest BCUT2D eigenvalue weighted by Crippen LogP contribution is -2.33. The van der Waals surface area contributed by atoms with Gasteiger partial charge in [0.25, 0.3) is 0 Å². The first-order valence-electron chi connectivity index (χ1n) is 10.6. The van der Waals surface area contributed by atoms with Crippen LogP contribution in [0.2, 0.25) is 0 Å². The Morgan fingerprint density at radius 1 is 1.06 bits per heavy atom. The standard InChI is InChI=1S/C26H26N2O4/c1-3-32-20-14-12-17(13-15-20)22-16-23(21-6-4-5-7-24(21)29)28-25(27-22)18-8-10-19(11-9-18)26(30)31-2/h4-15,23,25,28-29H,3,16H2,1-2H3/t23-,25+/m0/s1. The smallest absolute Gasteiger partial charge is 0.337 e. The van der Waals surface area contributed by atoms with Crippen molar-refractivity contribution in [1.29, 1.82) is 0 Å². The van der Waals surface area contributed by atoms with Crippen molar-refractivity contribution in [2.24, 2.45) is 4.99 Å². The van der Waals surface area contributed by atoms with Crippen molar-refractivity contribution in [3.05, 3.63) is 95.1 Å². The predicted molar refractivity (Wildman–Crippen MR) is 123 cm³/mol. The highest BCUT2D eigenvalue weighted by Crippen LogP contribution is 2.34. The number of phenols is 1. The maximum atomic E-state index is 11.8. The Balaban J connectivity index is 1.69. The molecule has 164 valence electrons. The second-order valence-electron chi connectivity index (χ2n) is 7.53. The number of hydrogen-bond acceptors (Lipinski definition) is 6. The van der Waals surface area contributed by atoms with Crippen molar-refractivity contribution in [2.45, 2.75) is 25.6 Å². The molecule has 0 fully saturated rings. The Kier molecular flexibility index (Phi) is 6.52. The lowest BCUT2D eigenvalue weighted by Gasteiger charge is -2.31. The summed E-state index contributed by atoms with van der Waals surface area (Å²) in [5.74, 6) is 0.689. The fraction of sp³-hybridized carbons (Fsp3) is 0.231. The minimum Gasteiger partial charge on any atom is -0.508 e. The van der Waals surface area contributed by atoms with Crippen molar-refractivity contribution >= 4 is 11.7 Å². The average molecular weight is 431 g/mol. The summed E-state index contributed by atoms with van der Waals surface area (Å²) in [5.41, 5.74) is 4.16. The van der Waals surface area contributed by atoms with Crippen LogP contribution in [-0.4, -0.2) is 30.5 Å². The van der Waals surface area contributed by atoms with E-state index in [0.717, 1.165) is 28.2 Å². The average Bonchev–Trinajstić information content (AvgIpc) is 2.84. The maximum absolute atomic E-state index is 11.8. The van der Waals surface area contributed by atoms with Gasteiger partial charge in [-0.2, -0.15) is 0 Å². The molecule has 0 unspecified atom stereocenters. The summed E-state index contributed by atoms with van der Waals surface area (Å²) in [5, 5.41) is 14.0. The number of benzene rings is 3. The molecule has 0 aliphatic carbocycles. The van der Waals surface area contributed by atoms with Gasteiger partial charge in [0.05, 0.1) is 19.3 Å². The largest absolute Gasteiger partial charge is 0.508 e. The van der Waals surface area contributed by atoms with E-state index >= 15 is 0 Å². The highest BCUT2D eigenvalue weighted by atomic mass is 16.5. The molecular formula is C26H26N2O4. The van der Waals surface area contributed by atoms with Crippen molar-refractivity contribution in [3.8, 4) is 11.5 Å². The van der Waals surface area contributed by atoms with E-state index < -0.39 is 0 Å². The molecule has 1 aliphatic heterocycles. The molecule has 0 aromatic heterocycles. The number of carbonyl (C=O) groups is 1. The third kappa shape index (κ3) is 4.65. The number of para-hydroxylation sites is 1. The van der Waals surface area contributed by atoms with Gasteiger partial charge in [-0.25, -0.2) is 4.79 Å². The summed E-state index contributed by atoms with van der Waals surface area (Å²) in [6.45, 7) is 2.57. The minimum atomic E-state index is -0.376. The summed E-state index contributed by atoms with van der Waals surface area (Å²) < 4.78 is 10.4. The molecule has 6 heteroatoms. The predicted octanol–water partition coefficient (Wildman–Crippen LogP) is 4.80. The van der Waals surface area contributed by atoms with Crippen LogP contribution in [0, 0.1) is 0 Å². The van der Waals surface area contributed by atoms with Crippen LogP contribution in [0.4, 0.5) is 0 Å². The summed E-state index contributed by atoms with van der Waals surface area (Å²) in [7, 11) is 1.36. The number of hydrogen-bond donors (Lipinski definition) is 2. The monoisotopic (exact) mass is 430 g/mol. The number of nitrogens with zero attached hydrogens (tertiary/aromatic N) is 1. The van der Waals surface area contributed by atoms with Gasteiger partial charge < -0.3 is 14.6 Å². The van der Waals surface area contributed by atoms with E-state index in [1.54, 1.807) is 18.2 Å². The number of carbonyl (C=O) groups excluding carboxylic acids is 1. The van der Waals surface area contributed by atoms with Gasteiger partial charge in [0.2, 0.25) is 0 Å². The highest BCUT2D eigenvalue weighted by Gasteiger charge is 2.27. The Hall–Kier alpha value is -3.64. The van der Waals surface area contributed by atoms with E-state index in [1.165, 1.54) is 7.11 Å². The number of ether oxygens (including phenoxy) is 2. The molecule has 0 spiro atoms. The van der Waals surface area contributed by atoms with Gasteiger partial charge in [-0.05, 0) is 60.5 Å². The highest BCUT2D eigenvalue weighted by molar-refractivity contribution is 6.01. The van der Waals surface area contributed by atoms with E-state index in [1.807, 2.05) is 61.5 Å². The van der Waals surface area contributed by atoms with Crippen LogP contribution < -0.4 is 10.1 Å². The third-order valence-corrected chi connectivity index (χ3v) is 5.50. The van der Waals surface area contributed by atoms with E-state index in [2.05, 4.69) is 5.32 Å². The van der Waals surface area contributed by atoms with Gasteiger partial charge in [-0.15, -0.1) is 0 Å². The molecule has 6 nitrogen and oxygen atoms in total. The van der Waals surface area contributed by atoms with Crippen molar-refractivity contribution in [2.75, 3.05) is 13.7 Å². The number of methoxy groups -OCH3 is 1. The zero-order valence-electron chi connectivity index (χ0n) is 18.1. The molecule has 4 rings (SSSR count). The normalized spacial score (nSPS) is 18.0. The van der Waals surface area contributed by atoms with Gasteiger partial charge >= 0.3 is 5.97 Å². The number of esters is 1. The van der Waals surface area contributed by atoms with Crippen LogP contribution in [0.1, 0.15) is 52.6 Å². The molecule has 2 atom stereocenters. The summed E-state index contributed by atoms with van der Waals surface area (Å²) >= 11 is 0. The van der Waals surface area contributed by atoms with E-state index in [0.29, 0.717) is 18.6 Å². The second kappa shape index (κ2) is 9.66. The summed E-state index contributed by atoms with van der Waals surface area (Å²) in [4.78, 5) is 16.7. The Morgan fingerprint density at radius 3 is 2.44 bits per heavy atom. The van der Waals surface area contributed by atoms with E-state index in [9.17, 15) is 9.90 Å². The molecule has 3 aromatic carbocycles. The number of nitrogens with one attached hydrogen (secondary N) is 1. The Labute approximate surface area is 187 Å². The molecule has 0 saturated heterocycles. The molecule has 3 aromatic rings. The van der Waals surface area contributed by atoms with Crippen LogP contribution in [0.5, 0.6) is 11.5 Å². The van der Waals surface area contributed by atoms with Crippen LogP contribution in [0.3, 0.4) is 0 Å².